The highest BCUT2D eigenvalue weighted by Gasteiger charge is 2.19. The van der Waals surface area contributed by atoms with E-state index in [4.69, 9.17) is 5.73 Å². The SMILES string of the molecule is Cc1nnc(NCC2CCCC(N)C2)s1. The smallest absolute Gasteiger partial charge is 0.205 e. The zero-order valence-corrected chi connectivity index (χ0v) is 9.89. The number of anilines is 1. The van der Waals surface area contributed by atoms with E-state index < -0.39 is 0 Å². The molecule has 15 heavy (non-hydrogen) atoms. The molecule has 0 radical (unpaired) electrons. The molecule has 1 aromatic heterocycles. The second kappa shape index (κ2) is 4.90. The van der Waals surface area contributed by atoms with Crippen LogP contribution in [0.3, 0.4) is 0 Å². The fourth-order valence-corrected chi connectivity index (χ4v) is 2.72. The van der Waals surface area contributed by atoms with Crippen LogP contribution in [-0.4, -0.2) is 22.8 Å². The lowest BCUT2D eigenvalue weighted by molar-refractivity contribution is 0.335. The predicted octanol–water partition coefficient (Wildman–Crippen LogP) is 1.78. The first-order chi connectivity index (χ1) is 7.24. The summed E-state index contributed by atoms with van der Waals surface area (Å²) in [4.78, 5) is 0. The van der Waals surface area contributed by atoms with E-state index >= 15 is 0 Å². The van der Waals surface area contributed by atoms with Crippen molar-refractivity contribution >= 4 is 16.5 Å². The molecular formula is C10H18N4S. The van der Waals surface area contributed by atoms with Crippen LogP contribution in [0.2, 0.25) is 0 Å². The van der Waals surface area contributed by atoms with Crippen LogP contribution in [0.5, 0.6) is 0 Å². The molecule has 1 fully saturated rings. The molecule has 4 nitrogen and oxygen atoms in total. The maximum Gasteiger partial charge on any atom is 0.205 e. The van der Waals surface area contributed by atoms with E-state index in [1.807, 2.05) is 6.92 Å². The van der Waals surface area contributed by atoms with Crippen molar-refractivity contribution in [2.45, 2.75) is 38.6 Å². The molecule has 0 bridgehead atoms. The number of aryl methyl sites for hydroxylation is 1. The van der Waals surface area contributed by atoms with E-state index in [2.05, 4.69) is 15.5 Å². The molecule has 1 saturated carbocycles. The third kappa shape index (κ3) is 3.14. The molecule has 2 unspecified atom stereocenters. The molecule has 1 aliphatic rings. The van der Waals surface area contributed by atoms with Gasteiger partial charge in [-0.3, -0.25) is 0 Å². The van der Waals surface area contributed by atoms with Crippen LogP contribution in [0.4, 0.5) is 5.13 Å². The number of nitrogens with one attached hydrogen (secondary N) is 1. The van der Waals surface area contributed by atoms with Crippen molar-refractivity contribution in [3.05, 3.63) is 5.01 Å². The van der Waals surface area contributed by atoms with Crippen LogP contribution in [0.25, 0.3) is 0 Å². The van der Waals surface area contributed by atoms with Gasteiger partial charge in [0.1, 0.15) is 5.01 Å². The highest BCUT2D eigenvalue weighted by molar-refractivity contribution is 7.15. The predicted molar refractivity (Wildman–Crippen MR) is 63.1 cm³/mol. The molecule has 2 rings (SSSR count). The Bertz CT molecular complexity index is 312. The van der Waals surface area contributed by atoms with Gasteiger partial charge in [0.05, 0.1) is 0 Å². The first kappa shape index (κ1) is 10.8. The Morgan fingerprint density at radius 3 is 3.00 bits per heavy atom. The van der Waals surface area contributed by atoms with Crippen molar-refractivity contribution in [2.75, 3.05) is 11.9 Å². The highest BCUT2D eigenvalue weighted by Crippen LogP contribution is 2.24. The summed E-state index contributed by atoms with van der Waals surface area (Å²) in [7, 11) is 0. The van der Waals surface area contributed by atoms with Gasteiger partial charge >= 0.3 is 0 Å². The Morgan fingerprint density at radius 1 is 1.47 bits per heavy atom. The second-order valence-electron chi connectivity index (χ2n) is 4.30. The molecule has 5 heteroatoms. The lowest BCUT2D eigenvalue weighted by Crippen LogP contribution is -2.30. The average Bonchev–Trinajstić information content (AvgIpc) is 2.62. The van der Waals surface area contributed by atoms with E-state index in [9.17, 15) is 0 Å². The van der Waals surface area contributed by atoms with Crippen molar-refractivity contribution in [1.29, 1.82) is 0 Å². The summed E-state index contributed by atoms with van der Waals surface area (Å²) in [6.07, 6.45) is 4.89. The minimum absolute atomic E-state index is 0.404. The molecule has 0 saturated heterocycles. The van der Waals surface area contributed by atoms with Gasteiger partial charge in [-0.2, -0.15) is 0 Å². The number of hydrogen-bond donors (Lipinski definition) is 2. The molecule has 1 aromatic rings. The second-order valence-corrected chi connectivity index (χ2v) is 5.48. The number of aromatic nitrogens is 2. The van der Waals surface area contributed by atoms with Gasteiger partial charge in [0.25, 0.3) is 0 Å². The molecule has 1 aliphatic carbocycles. The van der Waals surface area contributed by atoms with Crippen LogP contribution in [0, 0.1) is 12.8 Å². The Morgan fingerprint density at radius 2 is 2.33 bits per heavy atom. The monoisotopic (exact) mass is 226 g/mol. The molecule has 84 valence electrons. The standard InChI is InChI=1S/C10H18N4S/c1-7-13-14-10(15-7)12-6-8-3-2-4-9(11)5-8/h8-9H,2-6,11H2,1H3,(H,12,14). The third-order valence-corrected chi connectivity index (χ3v) is 3.69. The molecule has 2 atom stereocenters. The summed E-state index contributed by atoms with van der Waals surface area (Å²) in [5.74, 6) is 0.706. The zero-order valence-electron chi connectivity index (χ0n) is 9.07. The van der Waals surface area contributed by atoms with Gasteiger partial charge in [-0.05, 0) is 32.1 Å². The third-order valence-electron chi connectivity index (χ3n) is 2.89. The summed E-state index contributed by atoms with van der Waals surface area (Å²) in [5, 5.41) is 13.3. The lowest BCUT2D eigenvalue weighted by atomic mass is 9.86. The quantitative estimate of drug-likeness (QED) is 0.824. The van der Waals surface area contributed by atoms with Gasteiger partial charge in [0, 0.05) is 12.6 Å². The molecule has 0 aliphatic heterocycles. The summed E-state index contributed by atoms with van der Waals surface area (Å²) in [6.45, 7) is 2.96. The molecule has 3 N–H and O–H groups in total. The van der Waals surface area contributed by atoms with Crippen LogP contribution in [-0.2, 0) is 0 Å². The maximum absolute atomic E-state index is 5.95. The van der Waals surface area contributed by atoms with Crippen LogP contribution >= 0.6 is 11.3 Å². The van der Waals surface area contributed by atoms with Crippen LogP contribution in [0.1, 0.15) is 30.7 Å². The van der Waals surface area contributed by atoms with Gasteiger partial charge in [-0.25, -0.2) is 0 Å². The number of rotatable bonds is 3. The number of nitrogens with two attached hydrogens (primary N) is 1. The van der Waals surface area contributed by atoms with Gasteiger partial charge in [0.2, 0.25) is 5.13 Å². The fraction of sp³-hybridized carbons (Fsp3) is 0.800. The average molecular weight is 226 g/mol. The van der Waals surface area contributed by atoms with E-state index in [1.165, 1.54) is 19.3 Å². The van der Waals surface area contributed by atoms with Gasteiger partial charge in [-0.15, -0.1) is 10.2 Å². The molecule has 1 heterocycles. The first-order valence-electron chi connectivity index (χ1n) is 5.53. The van der Waals surface area contributed by atoms with Crippen molar-refractivity contribution in [1.82, 2.24) is 10.2 Å². The van der Waals surface area contributed by atoms with E-state index in [-0.39, 0.29) is 0 Å². The van der Waals surface area contributed by atoms with E-state index in [0.717, 1.165) is 23.1 Å². The first-order valence-corrected chi connectivity index (χ1v) is 6.35. The van der Waals surface area contributed by atoms with Crippen molar-refractivity contribution in [3.8, 4) is 0 Å². The minimum Gasteiger partial charge on any atom is -0.360 e. The highest BCUT2D eigenvalue weighted by atomic mass is 32.1. The Balaban J connectivity index is 1.77. The topological polar surface area (TPSA) is 63.8 Å². The summed E-state index contributed by atoms with van der Waals surface area (Å²) in [5.41, 5.74) is 5.95. The zero-order chi connectivity index (χ0) is 10.7. The molecule has 0 amide bonds. The molecule has 0 spiro atoms. The van der Waals surface area contributed by atoms with Crippen molar-refractivity contribution in [2.24, 2.45) is 11.7 Å². The number of nitrogens with zero attached hydrogens (tertiary/aromatic N) is 2. The van der Waals surface area contributed by atoms with Crippen LogP contribution < -0.4 is 11.1 Å². The summed E-state index contributed by atoms with van der Waals surface area (Å²) >= 11 is 1.61. The molecular weight excluding hydrogens is 208 g/mol. The summed E-state index contributed by atoms with van der Waals surface area (Å²) in [6, 6.07) is 0.404. The van der Waals surface area contributed by atoms with E-state index in [0.29, 0.717) is 12.0 Å². The van der Waals surface area contributed by atoms with Crippen molar-refractivity contribution in [3.63, 3.8) is 0 Å². The van der Waals surface area contributed by atoms with Gasteiger partial charge in [-0.1, -0.05) is 17.8 Å². The Kier molecular flexibility index (Phi) is 3.53. The van der Waals surface area contributed by atoms with E-state index in [1.54, 1.807) is 11.3 Å². The van der Waals surface area contributed by atoms with Gasteiger partial charge < -0.3 is 11.1 Å². The number of hydrogen-bond acceptors (Lipinski definition) is 5. The fourth-order valence-electron chi connectivity index (χ4n) is 2.12. The Hall–Kier alpha value is -0.680. The van der Waals surface area contributed by atoms with Gasteiger partial charge in [0.15, 0.2) is 0 Å². The van der Waals surface area contributed by atoms with Crippen molar-refractivity contribution < 1.29 is 0 Å². The Labute approximate surface area is 94.3 Å². The minimum atomic E-state index is 0.404. The van der Waals surface area contributed by atoms with Crippen LogP contribution in [0.15, 0.2) is 0 Å². The largest absolute Gasteiger partial charge is 0.360 e. The lowest BCUT2D eigenvalue weighted by Gasteiger charge is -2.26. The maximum atomic E-state index is 5.95. The summed E-state index contributed by atoms with van der Waals surface area (Å²) < 4.78 is 0. The normalized spacial score (nSPS) is 26.5. The molecule has 0 aromatic carbocycles.